The largest absolute Gasteiger partial charge is 0.467 e. The topological polar surface area (TPSA) is 55.8 Å². The van der Waals surface area contributed by atoms with Crippen molar-refractivity contribution in [3.63, 3.8) is 0 Å². The van der Waals surface area contributed by atoms with Gasteiger partial charge in [0.15, 0.2) is 0 Å². The summed E-state index contributed by atoms with van der Waals surface area (Å²) in [6.07, 6.45) is -1.82. The molecule has 1 heterocycles. The highest BCUT2D eigenvalue weighted by Gasteiger charge is 2.49. The van der Waals surface area contributed by atoms with Gasteiger partial charge in [-0.2, -0.15) is 0 Å². The van der Waals surface area contributed by atoms with E-state index in [2.05, 4.69) is 11.3 Å². The molecule has 0 aromatic heterocycles. The number of ether oxygens (including phenoxy) is 2. The molecule has 0 bridgehead atoms. The number of rotatable bonds is 2. The Morgan fingerprint density at radius 2 is 2.33 bits per heavy atom. The van der Waals surface area contributed by atoms with Crippen molar-refractivity contribution in [1.29, 1.82) is 0 Å². The van der Waals surface area contributed by atoms with E-state index in [0.717, 1.165) is 0 Å². The average molecular weight is 257 g/mol. The van der Waals surface area contributed by atoms with E-state index in [1.54, 1.807) is 6.92 Å². The van der Waals surface area contributed by atoms with Gasteiger partial charge < -0.3 is 9.47 Å². The Hall–Kier alpha value is -1.59. The van der Waals surface area contributed by atoms with Gasteiger partial charge in [0, 0.05) is 6.42 Å². The monoisotopic (exact) mass is 257 g/mol. The smallest absolute Gasteiger partial charge is 0.411 e. The minimum Gasteiger partial charge on any atom is -0.467 e. The molecule has 2 fully saturated rings. The van der Waals surface area contributed by atoms with Crippen LogP contribution in [0.4, 0.5) is 9.18 Å². The van der Waals surface area contributed by atoms with E-state index in [1.807, 2.05) is 0 Å². The van der Waals surface area contributed by atoms with Crippen LogP contribution >= 0.6 is 0 Å². The number of halogens is 1. The van der Waals surface area contributed by atoms with E-state index in [-0.39, 0.29) is 12.5 Å². The van der Waals surface area contributed by atoms with Gasteiger partial charge in [0.2, 0.25) is 0 Å². The van der Waals surface area contributed by atoms with Gasteiger partial charge in [-0.25, -0.2) is 14.0 Å². The maximum atomic E-state index is 13.5. The van der Waals surface area contributed by atoms with Crippen molar-refractivity contribution in [3.8, 4) is 0 Å². The summed E-state index contributed by atoms with van der Waals surface area (Å²) in [5.41, 5.74) is 0.441. The van der Waals surface area contributed by atoms with Gasteiger partial charge in [-0.05, 0) is 18.9 Å². The van der Waals surface area contributed by atoms with Crippen LogP contribution in [0.5, 0.6) is 0 Å². The number of alkyl halides is 1. The van der Waals surface area contributed by atoms with Crippen molar-refractivity contribution in [3.05, 3.63) is 12.2 Å². The van der Waals surface area contributed by atoms with Gasteiger partial charge >= 0.3 is 12.1 Å². The molecule has 100 valence electrons. The molecule has 0 N–H and O–H groups in total. The maximum Gasteiger partial charge on any atom is 0.411 e. The van der Waals surface area contributed by atoms with Crippen LogP contribution < -0.4 is 0 Å². The van der Waals surface area contributed by atoms with Crippen LogP contribution in [0.2, 0.25) is 0 Å². The summed E-state index contributed by atoms with van der Waals surface area (Å²) >= 11 is 0. The summed E-state index contributed by atoms with van der Waals surface area (Å²) in [5.74, 6) is -0.513. The second kappa shape index (κ2) is 4.59. The number of amides is 1. The zero-order chi connectivity index (χ0) is 13.4. The predicted octanol–water partition coefficient (Wildman–Crippen LogP) is 1.43. The lowest BCUT2D eigenvalue weighted by Gasteiger charge is -2.33. The van der Waals surface area contributed by atoms with E-state index in [0.29, 0.717) is 12.0 Å². The van der Waals surface area contributed by atoms with Gasteiger partial charge in [0.05, 0.1) is 13.2 Å². The molecule has 2 rings (SSSR count). The predicted molar refractivity (Wildman–Crippen MR) is 60.6 cm³/mol. The molecule has 18 heavy (non-hydrogen) atoms. The van der Waals surface area contributed by atoms with Gasteiger partial charge in [-0.1, -0.05) is 6.58 Å². The first-order valence-corrected chi connectivity index (χ1v) is 5.84. The number of esters is 1. The maximum absolute atomic E-state index is 13.5. The summed E-state index contributed by atoms with van der Waals surface area (Å²) in [4.78, 5) is 24.6. The SMILES string of the molecule is C=C1CC2C(CC1F)OC(=O)N2C(C)C(=O)OC. The summed E-state index contributed by atoms with van der Waals surface area (Å²) in [5, 5.41) is 0. The quantitative estimate of drug-likeness (QED) is 0.554. The molecule has 4 atom stereocenters. The van der Waals surface area contributed by atoms with E-state index >= 15 is 0 Å². The third-order valence-corrected chi connectivity index (χ3v) is 3.56. The third kappa shape index (κ3) is 1.95. The van der Waals surface area contributed by atoms with E-state index in [1.165, 1.54) is 12.0 Å². The summed E-state index contributed by atoms with van der Waals surface area (Å²) in [6, 6.07) is -1.06. The van der Waals surface area contributed by atoms with E-state index in [9.17, 15) is 14.0 Å². The molecule has 2 aliphatic rings. The zero-order valence-electron chi connectivity index (χ0n) is 10.4. The lowest BCUT2D eigenvalue weighted by atomic mass is 9.87. The first-order valence-electron chi connectivity index (χ1n) is 5.84. The Labute approximate surface area is 105 Å². The first kappa shape index (κ1) is 12.9. The molecule has 0 radical (unpaired) electrons. The Morgan fingerprint density at radius 3 is 2.94 bits per heavy atom. The van der Waals surface area contributed by atoms with Crippen molar-refractivity contribution < 1.29 is 23.5 Å². The molecule has 1 aliphatic heterocycles. The lowest BCUT2D eigenvalue weighted by molar-refractivity contribution is -0.145. The molecular formula is C12H16FNO4. The molecular weight excluding hydrogens is 241 g/mol. The highest BCUT2D eigenvalue weighted by molar-refractivity contribution is 5.82. The van der Waals surface area contributed by atoms with Crippen molar-refractivity contribution >= 4 is 12.1 Å². The van der Waals surface area contributed by atoms with Crippen molar-refractivity contribution in [2.24, 2.45) is 0 Å². The number of carbonyl (C=O) groups excluding carboxylic acids is 2. The molecule has 1 aliphatic carbocycles. The Kier molecular flexibility index (Phi) is 3.28. The number of nitrogens with zero attached hydrogens (tertiary/aromatic N) is 1. The van der Waals surface area contributed by atoms with Crippen LogP contribution in [-0.4, -0.2) is 48.4 Å². The van der Waals surface area contributed by atoms with Gasteiger partial charge in [0.1, 0.15) is 18.3 Å². The molecule has 0 aromatic carbocycles. The number of fused-ring (bicyclic) bond motifs is 1. The first-order chi connectivity index (χ1) is 8.45. The molecule has 4 unspecified atom stereocenters. The molecule has 6 heteroatoms. The van der Waals surface area contributed by atoms with Crippen LogP contribution in [0.3, 0.4) is 0 Å². The minimum absolute atomic E-state index is 0.111. The van der Waals surface area contributed by atoms with Crippen molar-refractivity contribution in [2.45, 2.75) is 44.1 Å². The number of carbonyl (C=O) groups is 2. The van der Waals surface area contributed by atoms with E-state index < -0.39 is 30.4 Å². The van der Waals surface area contributed by atoms with Gasteiger partial charge in [-0.3, -0.25) is 4.90 Å². The van der Waals surface area contributed by atoms with Crippen LogP contribution in [0.15, 0.2) is 12.2 Å². The Balaban J connectivity index is 2.19. The molecule has 1 saturated heterocycles. The van der Waals surface area contributed by atoms with Crippen molar-refractivity contribution in [1.82, 2.24) is 4.90 Å². The van der Waals surface area contributed by atoms with Crippen LogP contribution in [0.25, 0.3) is 0 Å². The summed E-state index contributed by atoms with van der Waals surface area (Å²) < 4.78 is 23.2. The fourth-order valence-corrected chi connectivity index (χ4v) is 2.51. The van der Waals surface area contributed by atoms with Crippen LogP contribution in [0.1, 0.15) is 19.8 Å². The minimum atomic E-state index is -1.15. The Bertz CT molecular complexity index is 398. The molecule has 0 aromatic rings. The fraction of sp³-hybridized carbons (Fsp3) is 0.667. The number of methoxy groups -OCH3 is 1. The summed E-state index contributed by atoms with van der Waals surface area (Å²) in [7, 11) is 1.26. The van der Waals surface area contributed by atoms with Gasteiger partial charge in [-0.15, -0.1) is 0 Å². The summed E-state index contributed by atoms with van der Waals surface area (Å²) in [6.45, 7) is 5.22. The highest BCUT2D eigenvalue weighted by Crippen LogP contribution is 2.36. The third-order valence-electron chi connectivity index (χ3n) is 3.56. The lowest BCUT2D eigenvalue weighted by Crippen LogP contribution is -2.49. The number of hydrogen-bond donors (Lipinski definition) is 0. The van der Waals surface area contributed by atoms with E-state index in [4.69, 9.17) is 4.74 Å². The zero-order valence-corrected chi connectivity index (χ0v) is 10.4. The van der Waals surface area contributed by atoms with Crippen LogP contribution in [-0.2, 0) is 14.3 Å². The van der Waals surface area contributed by atoms with Crippen molar-refractivity contribution in [2.75, 3.05) is 7.11 Å². The van der Waals surface area contributed by atoms with Crippen LogP contribution in [0, 0.1) is 0 Å². The second-order valence-corrected chi connectivity index (χ2v) is 4.66. The van der Waals surface area contributed by atoms with Gasteiger partial charge in [0.25, 0.3) is 0 Å². The molecule has 0 spiro atoms. The fourth-order valence-electron chi connectivity index (χ4n) is 2.51. The average Bonchev–Trinajstić information content (AvgIpc) is 2.63. The molecule has 5 nitrogen and oxygen atoms in total. The standard InChI is InChI=1S/C12H16FNO4/c1-6-4-9-10(5-8(6)13)18-12(16)14(9)7(2)11(15)17-3/h7-10H,1,4-5H2,2-3H3. The second-order valence-electron chi connectivity index (χ2n) is 4.66. The Morgan fingerprint density at radius 1 is 1.67 bits per heavy atom. The highest BCUT2D eigenvalue weighted by atomic mass is 19.1. The molecule has 1 amide bonds. The molecule has 1 saturated carbocycles. The normalized spacial score (nSPS) is 32.8. The number of hydrogen-bond acceptors (Lipinski definition) is 4.